The molecule has 0 aliphatic carbocycles. The van der Waals surface area contributed by atoms with E-state index in [1.54, 1.807) is 6.20 Å². The molecule has 0 aliphatic heterocycles. The van der Waals surface area contributed by atoms with Crippen molar-refractivity contribution in [3.05, 3.63) is 40.0 Å². The van der Waals surface area contributed by atoms with Gasteiger partial charge in [0.25, 0.3) is 0 Å². The van der Waals surface area contributed by atoms with Gasteiger partial charge >= 0.3 is 0 Å². The Morgan fingerprint density at radius 2 is 2.33 bits per heavy atom. The lowest BCUT2D eigenvalue weighted by Crippen LogP contribution is -1.90. The fourth-order valence-corrected chi connectivity index (χ4v) is 0.986. The first-order valence-electron chi connectivity index (χ1n) is 3.63. The molecule has 2 nitrogen and oxygen atoms in total. The topological polar surface area (TPSA) is 17.2 Å². The van der Waals surface area contributed by atoms with Gasteiger partial charge in [-0.1, -0.05) is 11.6 Å². The average Bonchev–Trinajstić information content (AvgIpc) is 2.08. The molecule has 0 saturated carbocycles. The summed E-state index contributed by atoms with van der Waals surface area (Å²) in [5.41, 5.74) is 1.84. The molecule has 0 aliphatic rings. The molecule has 1 atom stereocenters. The van der Waals surface area contributed by atoms with Crippen molar-refractivity contribution in [3.63, 3.8) is 0 Å². The lowest BCUT2D eigenvalue weighted by molar-refractivity contribution is 0.943. The van der Waals surface area contributed by atoms with Gasteiger partial charge in [0, 0.05) is 13.1 Å². The zero-order valence-electron chi connectivity index (χ0n) is 7.00. The molecule has 12 heavy (non-hydrogen) atoms. The van der Waals surface area contributed by atoms with Crippen molar-refractivity contribution in [3.8, 4) is 0 Å². The molecule has 0 fully saturated rings. The number of halogens is 1. The lowest BCUT2D eigenvalue weighted by atomic mass is 10.1. The van der Waals surface area contributed by atoms with E-state index in [0.29, 0.717) is 5.15 Å². The summed E-state index contributed by atoms with van der Waals surface area (Å²) < 4.78 is 0. The van der Waals surface area contributed by atoms with Gasteiger partial charge in [-0.05, 0) is 18.6 Å². The molecule has 0 saturated heterocycles. The predicted molar refractivity (Wildman–Crippen MR) is 49.0 cm³/mol. The van der Waals surface area contributed by atoms with Gasteiger partial charge in [-0.2, -0.15) is 0 Å². The van der Waals surface area contributed by atoms with Crippen LogP contribution in [0.2, 0.25) is 5.15 Å². The smallest absolute Gasteiger partial charge is 0.247 e. The molecular formula is C9H9ClN2. The van der Waals surface area contributed by atoms with Crippen LogP contribution in [0.1, 0.15) is 24.1 Å². The Labute approximate surface area is 77.0 Å². The molecule has 0 aromatic carbocycles. The van der Waals surface area contributed by atoms with Gasteiger partial charge in [0.2, 0.25) is 6.04 Å². The minimum atomic E-state index is -0.131. The van der Waals surface area contributed by atoms with Gasteiger partial charge in [-0.25, -0.2) is 11.6 Å². The predicted octanol–water partition coefficient (Wildman–Crippen LogP) is 3.02. The Balaban J connectivity index is 3.06. The number of hydrogen-bond acceptors (Lipinski definition) is 1. The van der Waals surface area contributed by atoms with E-state index in [0.717, 1.165) is 11.1 Å². The van der Waals surface area contributed by atoms with Gasteiger partial charge in [-0.15, -0.1) is 0 Å². The summed E-state index contributed by atoms with van der Waals surface area (Å²) in [6.07, 6.45) is 1.65. The molecule has 1 heterocycles. The molecule has 0 amide bonds. The second-order valence-electron chi connectivity index (χ2n) is 2.68. The maximum absolute atomic E-state index is 6.83. The Bertz CT molecular complexity index is 328. The molecule has 62 valence electrons. The van der Waals surface area contributed by atoms with Crippen molar-refractivity contribution in [1.29, 1.82) is 0 Å². The summed E-state index contributed by atoms with van der Waals surface area (Å²) in [4.78, 5) is 7.37. The van der Waals surface area contributed by atoms with Crippen molar-refractivity contribution in [1.82, 2.24) is 4.98 Å². The van der Waals surface area contributed by atoms with Gasteiger partial charge < -0.3 is 4.85 Å². The van der Waals surface area contributed by atoms with E-state index < -0.39 is 0 Å². The molecule has 0 bridgehead atoms. The van der Waals surface area contributed by atoms with E-state index >= 15 is 0 Å². The zero-order chi connectivity index (χ0) is 9.14. The van der Waals surface area contributed by atoms with Crippen molar-refractivity contribution in [2.45, 2.75) is 19.9 Å². The number of nitrogens with zero attached hydrogens (tertiary/aromatic N) is 2. The first kappa shape index (κ1) is 9.02. The normalized spacial score (nSPS) is 12.2. The van der Waals surface area contributed by atoms with Gasteiger partial charge in [0.15, 0.2) is 0 Å². The van der Waals surface area contributed by atoms with E-state index in [-0.39, 0.29) is 6.04 Å². The quantitative estimate of drug-likeness (QED) is 0.480. The lowest BCUT2D eigenvalue weighted by Gasteiger charge is -2.01. The van der Waals surface area contributed by atoms with Crippen LogP contribution in [0.15, 0.2) is 12.3 Å². The van der Waals surface area contributed by atoms with Gasteiger partial charge in [-0.3, -0.25) is 0 Å². The van der Waals surface area contributed by atoms with Crippen LogP contribution < -0.4 is 0 Å². The highest BCUT2D eigenvalue weighted by atomic mass is 35.5. The summed E-state index contributed by atoms with van der Waals surface area (Å²) in [5, 5.41) is 0.510. The Kier molecular flexibility index (Phi) is 2.67. The summed E-state index contributed by atoms with van der Waals surface area (Å²) in [6.45, 7) is 10.6. The number of hydrogen-bond donors (Lipinski definition) is 0. The maximum atomic E-state index is 6.83. The van der Waals surface area contributed by atoms with Gasteiger partial charge in [0.05, 0.1) is 5.56 Å². The number of aryl methyl sites for hydroxylation is 1. The Hall–Kier alpha value is -1.07. The van der Waals surface area contributed by atoms with Crippen molar-refractivity contribution in [2.24, 2.45) is 0 Å². The molecule has 1 aromatic rings. The van der Waals surface area contributed by atoms with Crippen LogP contribution in [0.4, 0.5) is 0 Å². The van der Waals surface area contributed by atoms with Crippen molar-refractivity contribution >= 4 is 11.6 Å². The molecule has 0 radical (unpaired) electrons. The van der Waals surface area contributed by atoms with Crippen molar-refractivity contribution in [2.75, 3.05) is 0 Å². The molecule has 1 unspecified atom stereocenters. The van der Waals surface area contributed by atoms with E-state index in [1.807, 2.05) is 19.9 Å². The minimum Gasteiger partial charge on any atom is -0.309 e. The van der Waals surface area contributed by atoms with E-state index in [4.69, 9.17) is 18.2 Å². The van der Waals surface area contributed by atoms with Crippen LogP contribution in [-0.4, -0.2) is 4.98 Å². The van der Waals surface area contributed by atoms with Crippen LogP contribution in [0.3, 0.4) is 0 Å². The molecule has 0 spiro atoms. The van der Waals surface area contributed by atoms with Crippen LogP contribution in [0, 0.1) is 13.5 Å². The third kappa shape index (κ3) is 1.75. The SMILES string of the molecule is [C-]#[N+]C(C)c1cnc(Cl)c(C)c1. The van der Waals surface area contributed by atoms with E-state index in [1.165, 1.54) is 0 Å². The standard InChI is InChI=1S/C9H9ClN2/c1-6-4-8(7(2)11-3)5-12-9(6)10/h4-5,7H,1-2H3. The second-order valence-corrected chi connectivity index (χ2v) is 3.04. The van der Waals surface area contributed by atoms with Crippen LogP contribution in [-0.2, 0) is 0 Å². The molecular weight excluding hydrogens is 172 g/mol. The van der Waals surface area contributed by atoms with Crippen LogP contribution in [0.5, 0.6) is 0 Å². The molecule has 3 heteroatoms. The molecule has 1 rings (SSSR count). The minimum absolute atomic E-state index is 0.131. The fourth-order valence-electron chi connectivity index (χ4n) is 0.883. The zero-order valence-corrected chi connectivity index (χ0v) is 7.76. The first-order valence-corrected chi connectivity index (χ1v) is 4.01. The fraction of sp³-hybridized carbons (Fsp3) is 0.333. The molecule has 1 aromatic heterocycles. The summed E-state index contributed by atoms with van der Waals surface area (Å²) in [5.74, 6) is 0. The Morgan fingerprint density at radius 1 is 1.67 bits per heavy atom. The van der Waals surface area contributed by atoms with Crippen molar-refractivity contribution < 1.29 is 0 Å². The largest absolute Gasteiger partial charge is 0.309 e. The molecule has 0 N–H and O–H groups in total. The third-order valence-corrected chi connectivity index (χ3v) is 2.11. The second kappa shape index (κ2) is 3.55. The number of rotatable bonds is 1. The van der Waals surface area contributed by atoms with E-state index in [2.05, 4.69) is 9.83 Å². The van der Waals surface area contributed by atoms with E-state index in [9.17, 15) is 0 Å². The highest BCUT2D eigenvalue weighted by molar-refractivity contribution is 6.30. The monoisotopic (exact) mass is 180 g/mol. The Morgan fingerprint density at radius 3 is 2.83 bits per heavy atom. The third-order valence-electron chi connectivity index (χ3n) is 1.71. The first-order chi connectivity index (χ1) is 5.65. The summed E-state index contributed by atoms with van der Waals surface area (Å²) in [7, 11) is 0. The number of pyridine rings is 1. The highest BCUT2D eigenvalue weighted by Crippen LogP contribution is 2.19. The number of aromatic nitrogens is 1. The maximum Gasteiger partial charge on any atom is 0.247 e. The van der Waals surface area contributed by atoms with Crippen LogP contribution in [0.25, 0.3) is 4.85 Å². The average molecular weight is 181 g/mol. The summed E-state index contributed by atoms with van der Waals surface area (Å²) in [6, 6.07) is 1.77. The summed E-state index contributed by atoms with van der Waals surface area (Å²) >= 11 is 5.74. The van der Waals surface area contributed by atoms with Crippen LogP contribution >= 0.6 is 11.6 Å². The van der Waals surface area contributed by atoms with Gasteiger partial charge in [0.1, 0.15) is 5.15 Å². The highest BCUT2D eigenvalue weighted by Gasteiger charge is 2.09.